The number of benzene rings is 2. The van der Waals surface area contributed by atoms with Crippen LogP contribution in [-0.2, 0) is 29.1 Å². The Morgan fingerprint density at radius 2 is 1.88 bits per heavy atom. The number of rotatable bonds is 8. The Balaban J connectivity index is 1.85. The van der Waals surface area contributed by atoms with Gasteiger partial charge in [-0.1, -0.05) is 30.1 Å². The number of aromatic nitrogens is 2. The highest BCUT2D eigenvalue weighted by Gasteiger charge is 2.37. The van der Waals surface area contributed by atoms with Crippen LogP contribution in [0.3, 0.4) is 0 Å². The van der Waals surface area contributed by atoms with Crippen molar-refractivity contribution in [2.45, 2.75) is 43.9 Å². The second-order valence-electron chi connectivity index (χ2n) is 9.91. The number of nitrogens with zero attached hydrogens (tertiary/aromatic N) is 2. The number of hydrogen-bond donors (Lipinski definition) is 2. The molecule has 0 bridgehead atoms. The van der Waals surface area contributed by atoms with E-state index in [-0.39, 0.29) is 49.8 Å². The molecule has 1 aliphatic heterocycles. The van der Waals surface area contributed by atoms with Crippen LogP contribution in [0, 0.1) is 5.92 Å². The molecule has 218 valence electrons. The van der Waals surface area contributed by atoms with E-state index in [0.29, 0.717) is 23.7 Å². The number of piperidine rings is 1. The number of aromatic amines is 1. The van der Waals surface area contributed by atoms with Crippen LogP contribution in [0.1, 0.15) is 36.5 Å². The van der Waals surface area contributed by atoms with Gasteiger partial charge in [0.25, 0.3) is 5.56 Å². The topological polar surface area (TPSA) is 104 Å². The van der Waals surface area contributed by atoms with Crippen LogP contribution in [0.15, 0.2) is 38.8 Å². The highest BCUT2D eigenvalue weighted by molar-refractivity contribution is 7.91. The van der Waals surface area contributed by atoms with E-state index in [1.165, 1.54) is 25.1 Å². The zero-order valence-electron chi connectivity index (χ0n) is 21.9. The van der Waals surface area contributed by atoms with Crippen molar-refractivity contribution in [1.29, 1.82) is 0 Å². The van der Waals surface area contributed by atoms with Crippen LogP contribution < -0.4 is 16.6 Å². The molecule has 0 unspecified atom stereocenters. The second-order valence-corrected chi connectivity index (χ2v) is 13.0. The van der Waals surface area contributed by atoms with Gasteiger partial charge in [0.1, 0.15) is 0 Å². The lowest BCUT2D eigenvalue weighted by atomic mass is 9.96. The summed E-state index contributed by atoms with van der Waals surface area (Å²) in [7, 11) is -1.94. The number of likely N-dealkylation sites (tertiary alicyclic amines) is 1. The molecule has 8 nitrogen and oxygen atoms in total. The fraction of sp³-hybridized carbons (Fsp3) is 0.462. The monoisotopic (exact) mass is 620 g/mol. The van der Waals surface area contributed by atoms with Crippen LogP contribution in [0.5, 0.6) is 0 Å². The number of halogens is 5. The molecular formula is C26H29Cl2F3N4O4S. The summed E-state index contributed by atoms with van der Waals surface area (Å²) in [5.41, 5.74) is -3.41. The van der Waals surface area contributed by atoms with Crippen molar-refractivity contribution in [3.8, 4) is 0 Å². The van der Waals surface area contributed by atoms with E-state index in [1.807, 2.05) is 11.9 Å². The minimum atomic E-state index is -4.82. The molecule has 0 aliphatic carbocycles. The molecule has 1 saturated heterocycles. The van der Waals surface area contributed by atoms with Crippen LogP contribution in [0.4, 0.5) is 13.2 Å². The summed E-state index contributed by atoms with van der Waals surface area (Å²) < 4.78 is 68.7. The summed E-state index contributed by atoms with van der Waals surface area (Å²) in [5, 5.41) is 2.48. The van der Waals surface area contributed by atoms with Gasteiger partial charge >= 0.3 is 11.9 Å². The summed E-state index contributed by atoms with van der Waals surface area (Å²) in [6.07, 6.45) is -3.05. The molecule has 1 aromatic heterocycles. The first-order valence-electron chi connectivity index (χ1n) is 12.7. The minimum Gasteiger partial charge on any atom is -0.319 e. The number of H-pyrrole nitrogens is 1. The largest absolute Gasteiger partial charge is 0.416 e. The van der Waals surface area contributed by atoms with Crippen molar-refractivity contribution in [2.75, 3.05) is 32.4 Å². The highest BCUT2D eigenvalue weighted by Crippen LogP contribution is 2.39. The Morgan fingerprint density at radius 1 is 1.15 bits per heavy atom. The van der Waals surface area contributed by atoms with E-state index in [0.717, 1.165) is 19.4 Å². The standard InChI is InChI=1S/C26H29Cl2F3N4O4S/c1-3-40(38,39)21-7-6-17(27)9-16(21)13-35-24(36)18-10-20(26(29,30)31)19(22(28)23(18)33-25(35)37)14-34-8-4-5-15(12-34)11-32-2/h6-7,9-10,15,32H,3-5,8,11-14H2,1-2H3,(H,33,37)/t15-/m1/s1. The van der Waals surface area contributed by atoms with E-state index in [1.54, 1.807) is 0 Å². The summed E-state index contributed by atoms with van der Waals surface area (Å²) in [5.74, 6) is 0.0252. The predicted octanol–water partition coefficient (Wildman–Crippen LogP) is 4.29. The van der Waals surface area contributed by atoms with E-state index in [9.17, 15) is 31.2 Å². The van der Waals surface area contributed by atoms with Crippen molar-refractivity contribution >= 4 is 43.9 Å². The van der Waals surface area contributed by atoms with Gasteiger partial charge in [0.15, 0.2) is 9.84 Å². The SMILES string of the molecule is CCS(=O)(=O)c1ccc(Cl)cc1Cn1c(=O)[nH]c2c(Cl)c(CN3CCC[C@H](CNC)C3)c(C(F)(F)F)cc2c1=O. The van der Waals surface area contributed by atoms with E-state index >= 15 is 0 Å². The molecular weight excluding hydrogens is 592 g/mol. The Morgan fingerprint density at radius 3 is 2.52 bits per heavy atom. The molecule has 0 radical (unpaired) electrons. The van der Waals surface area contributed by atoms with E-state index in [2.05, 4.69) is 10.3 Å². The maximum atomic E-state index is 14.3. The Kier molecular flexibility index (Phi) is 9.06. The van der Waals surface area contributed by atoms with Crippen molar-refractivity contribution in [3.63, 3.8) is 0 Å². The molecule has 1 atom stereocenters. The smallest absolute Gasteiger partial charge is 0.319 e. The Labute approximate surface area is 239 Å². The molecule has 2 heterocycles. The first-order valence-corrected chi connectivity index (χ1v) is 15.1. The first-order chi connectivity index (χ1) is 18.8. The van der Waals surface area contributed by atoms with E-state index in [4.69, 9.17) is 23.2 Å². The lowest BCUT2D eigenvalue weighted by molar-refractivity contribution is -0.138. The van der Waals surface area contributed by atoms with Gasteiger partial charge in [-0.25, -0.2) is 13.2 Å². The molecule has 0 amide bonds. The van der Waals surface area contributed by atoms with Crippen molar-refractivity contribution in [1.82, 2.24) is 19.8 Å². The average molecular weight is 622 g/mol. The quantitative estimate of drug-likeness (QED) is 0.389. The molecule has 0 spiro atoms. The summed E-state index contributed by atoms with van der Waals surface area (Å²) >= 11 is 12.5. The molecule has 2 aromatic carbocycles. The van der Waals surface area contributed by atoms with Crippen LogP contribution >= 0.6 is 23.2 Å². The van der Waals surface area contributed by atoms with Crippen molar-refractivity contribution in [2.24, 2.45) is 5.92 Å². The van der Waals surface area contributed by atoms with Crippen LogP contribution in [-0.4, -0.2) is 55.3 Å². The average Bonchev–Trinajstić information content (AvgIpc) is 2.88. The number of hydrogen-bond acceptors (Lipinski definition) is 6. The van der Waals surface area contributed by atoms with Gasteiger partial charge in [0, 0.05) is 18.1 Å². The molecule has 4 rings (SSSR count). The number of nitrogens with one attached hydrogen (secondary N) is 2. The third-order valence-corrected chi connectivity index (χ3v) is 9.65. The highest BCUT2D eigenvalue weighted by atomic mass is 35.5. The maximum Gasteiger partial charge on any atom is 0.416 e. The molecule has 14 heteroatoms. The molecule has 1 aliphatic rings. The van der Waals surface area contributed by atoms with Gasteiger partial charge in [-0.2, -0.15) is 13.2 Å². The summed E-state index contributed by atoms with van der Waals surface area (Å²) in [6, 6.07) is 4.64. The van der Waals surface area contributed by atoms with Crippen molar-refractivity contribution < 1.29 is 21.6 Å². The summed E-state index contributed by atoms with van der Waals surface area (Å²) in [6.45, 7) is 2.71. The van der Waals surface area contributed by atoms with Crippen LogP contribution in [0.2, 0.25) is 10.0 Å². The fourth-order valence-electron chi connectivity index (χ4n) is 5.22. The third-order valence-electron chi connectivity index (χ3n) is 7.17. The van der Waals surface area contributed by atoms with Gasteiger partial charge in [0.05, 0.1) is 38.7 Å². The number of fused-ring (bicyclic) bond motifs is 1. The molecule has 1 fully saturated rings. The molecule has 0 saturated carbocycles. The number of alkyl halides is 3. The van der Waals surface area contributed by atoms with Crippen LogP contribution in [0.25, 0.3) is 10.9 Å². The predicted molar refractivity (Wildman–Crippen MR) is 149 cm³/mol. The van der Waals surface area contributed by atoms with E-state index < -0.39 is 44.8 Å². The Bertz CT molecular complexity index is 1650. The fourth-order valence-corrected chi connectivity index (χ4v) is 6.83. The normalized spacial score (nSPS) is 17.0. The van der Waals surface area contributed by atoms with Crippen molar-refractivity contribution in [3.05, 3.63) is 71.8 Å². The molecule has 40 heavy (non-hydrogen) atoms. The Hall–Kier alpha value is -2.38. The minimum absolute atomic E-state index is 0.0567. The zero-order chi connectivity index (χ0) is 29.4. The summed E-state index contributed by atoms with van der Waals surface area (Å²) in [4.78, 5) is 30.7. The van der Waals surface area contributed by atoms with Gasteiger partial charge in [-0.05, 0) is 74.3 Å². The maximum absolute atomic E-state index is 14.3. The lowest BCUT2D eigenvalue weighted by Gasteiger charge is -2.33. The van der Waals surface area contributed by atoms with Gasteiger partial charge in [0.2, 0.25) is 0 Å². The number of sulfone groups is 1. The first kappa shape index (κ1) is 30.6. The van der Waals surface area contributed by atoms with Gasteiger partial charge < -0.3 is 10.3 Å². The lowest BCUT2D eigenvalue weighted by Crippen LogP contribution is -2.39. The zero-order valence-corrected chi connectivity index (χ0v) is 24.2. The molecule has 3 aromatic rings. The van der Waals surface area contributed by atoms with Gasteiger partial charge in [-0.15, -0.1) is 0 Å². The second kappa shape index (κ2) is 11.8. The van der Waals surface area contributed by atoms with Gasteiger partial charge in [-0.3, -0.25) is 14.3 Å². The molecule has 2 N–H and O–H groups in total. The third kappa shape index (κ3) is 6.25.